The lowest BCUT2D eigenvalue weighted by molar-refractivity contribution is -0.118. The van der Waals surface area contributed by atoms with Gasteiger partial charge in [-0.15, -0.1) is 0 Å². The molecule has 0 saturated carbocycles. The van der Waals surface area contributed by atoms with Crippen LogP contribution in [0.1, 0.15) is 5.56 Å². The zero-order chi connectivity index (χ0) is 16.8. The summed E-state index contributed by atoms with van der Waals surface area (Å²) in [6.07, 6.45) is 0.153. The van der Waals surface area contributed by atoms with Crippen molar-refractivity contribution in [2.45, 2.75) is 17.4 Å². The number of primary amides is 1. The molecule has 0 aliphatic carbocycles. The summed E-state index contributed by atoms with van der Waals surface area (Å²) in [6, 6.07) is 8.81. The fraction of sp³-hybridized carbons (Fsp3) is 0.133. The van der Waals surface area contributed by atoms with Crippen molar-refractivity contribution in [3.63, 3.8) is 0 Å². The lowest BCUT2D eigenvalue weighted by atomic mass is 10.1. The van der Waals surface area contributed by atoms with E-state index >= 15 is 0 Å². The number of fused-ring (bicyclic) bond motifs is 1. The van der Waals surface area contributed by atoms with Crippen LogP contribution in [0, 0.1) is 5.82 Å². The third kappa shape index (κ3) is 2.55. The summed E-state index contributed by atoms with van der Waals surface area (Å²) in [7, 11) is -4.29. The molecule has 0 spiro atoms. The Morgan fingerprint density at radius 1 is 1.26 bits per heavy atom. The Morgan fingerprint density at radius 3 is 2.61 bits per heavy atom. The molecule has 8 heteroatoms. The topological polar surface area (TPSA) is 80.5 Å². The Bertz CT molecular complexity index is 901. The fourth-order valence-corrected chi connectivity index (χ4v) is 4.53. The number of nitrogens with two attached hydrogens (primary N) is 1. The van der Waals surface area contributed by atoms with Gasteiger partial charge in [0.05, 0.1) is 5.69 Å². The van der Waals surface area contributed by atoms with Crippen LogP contribution in [0.3, 0.4) is 0 Å². The van der Waals surface area contributed by atoms with Crippen LogP contribution in [0.15, 0.2) is 47.4 Å². The minimum absolute atomic E-state index is 0.0784. The molecular weight excluding hydrogens is 343 g/mol. The van der Waals surface area contributed by atoms with Crippen molar-refractivity contribution < 1.29 is 17.6 Å². The smallest absolute Gasteiger partial charge is 0.267 e. The van der Waals surface area contributed by atoms with Crippen LogP contribution < -0.4 is 10.0 Å². The summed E-state index contributed by atoms with van der Waals surface area (Å²) in [5.41, 5.74) is 6.33. The normalized spacial score (nSPS) is 17.1. The van der Waals surface area contributed by atoms with Gasteiger partial charge in [-0.25, -0.2) is 12.8 Å². The lowest BCUT2D eigenvalue weighted by Gasteiger charge is -2.25. The van der Waals surface area contributed by atoms with Crippen molar-refractivity contribution in [3.8, 4) is 0 Å². The number of benzene rings is 2. The van der Waals surface area contributed by atoms with E-state index in [1.54, 1.807) is 24.3 Å². The van der Waals surface area contributed by atoms with Gasteiger partial charge in [-0.3, -0.25) is 9.10 Å². The number of para-hydroxylation sites is 1. The predicted molar refractivity (Wildman–Crippen MR) is 84.2 cm³/mol. The molecule has 0 unspecified atom stereocenters. The van der Waals surface area contributed by atoms with Gasteiger partial charge < -0.3 is 5.73 Å². The molecule has 0 aromatic heterocycles. The highest BCUT2D eigenvalue weighted by Crippen LogP contribution is 2.37. The molecule has 1 heterocycles. The standard InChI is InChI=1S/C15H12ClFN2O3S/c16-10-5-6-14(11(17)8-10)23(21,22)19-12-4-2-1-3-9(12)7-13(19)15(18)20/h1-6,8,13H,7H2,(H2,18,20)/t13-/m0/s1. The third-order valence-corrected chi connectivity index (χ3v) is 5.78. The van der Waals surface area contributed by atoms with Crippen molar-refractivity contribution in [3.05, 3.63) is 58.9 Å². The highest BCUT2D eigenvalue weighted by Gasteiger charge is 2.42. The molecule has 0 bridgehead atoms. The lowest BCUT2D eigenvalue weighted by Crippen LogP contribution is -2.46. The number of amides is 1. The summed E-state index contributed by atoms with van der Waals surface area (Å²) < 4.78 is 40.7. The van der Waals surface area contributed by atoms with Crippen molar-refractivity contribution in [1.29, 1.82) is 0 Å². The van der Waals surface area contributed by atoms with E-state index < -0.39 is 32.7 Å². The van der Waals surface area contributed by atoms with Gasteiger partial charge in [0.2, 0.25) is 5.91 Å². The Balaban J connectivity index is 2.19. The molecule has 23 heavy (non-hydrogen) atoms. The second-order valence-electron chi connectivity index (χ2n) is 5.13. The monoisotopic (exact) mass is 354 g/mol. The fourth-order valence-electron chi connectivity index (χ4n) is 2.66. The zero-order valence-electron chi connectivity index (χ0n) is 11.7. The van der Waals surface area contributed by atoms with Gasteiger partial charge in [0.25, 0.3) is 10.0 Å². The molecular formula is C15H12ClFN2O3S. The number of hydrogen-bond acceptors (Lipinski definition) is 3. The number of carbonyl (C=O) groups is 1. The number of carbonyl (C=O) groups excluding carboxylic acids is 1. The molecule has 2 aromatic carbocycles. The maximum absolute atomic E-state index is 14.1. The van der Waals surface area contributed by atoms with E-state index in [9.17, 15) is 17.6 Å². The number of sulfonamides is 1. The third-order valence-electron chi connectivity index (χ3n) is 3.68. The highest BCUT2D eigenvalue weighted by atomic mass is 35.5. The molecule has 0 saturated heterocycles. The molecule has 120 valence electrons. The SMILES string of the molecule is NC(=O)[C@@H]1Cc2ccccc2N1S(=O)(=O)c1ccc(Cl)cc1F. The Kier molecular flexibility index (Phi) is 3.77. The van der Waals surface area contributed by atoms with E-state index in [1.807, 2.05) is 0 Å². The first-order valence-electron chi connectivity index (χ1n) is 6.69. The van der Waals surface area contributed by atoms with Crippen molar-refractivity contribution in [2.24, 2.45) is 5.73 Å². The molecule has 1 amide bonds. The van der Waals surface area contributed by atoms with Gasteiger partial charge in [0.1, 0.15) is 16.8 Å². The summed E-state index contributed by atoms with van der Waals surface area (Å²) in [5.74, 6) is -1.77. The highest BCUT2D eigenvalue weighted by molar-refractivity contribution is 7.93. The molecule has 2 aromatic rings. The van der Waals surface area contributed by atoms with Gasteiger partial charge in [-0.1, -0.05) is 29.8 Å². The number of rotatable bonds is 3. The molecule has 2 N–H and O–H groups in total. The van der Waals surface area contributed by atoms with E-state index in [4.69, 9.17) is 17.3 Å². The molecule has 0 fully saturated rings. The molecule has 1 aliphatic rings. The summed E-state index contributed by atoms with van der Waals surface area (Å²) in [6.45, 7) is 0. The summed E-state index contributed by atoms with van der Waals surface area (Å²) >= 11 is 5.66. The minimum Gasteiger partial charge on any atom is -0.368 e. The van der Waals surface area contributed by atoms with Crippen molar-refractivity contribution >= 4 is 33.2 Å². The van der Waals surface area contributed by atoms with Crippen LogP contribution >= 0.6 is 11.6 Å². The first-order valence-corrected chi connectivity index (χ1v) is 8.51. The largest absolute Gasteiger partial charge is 0.368 e. The Morgan fingerprint density at radius 2 is 1.96 bits per heavy atom. The number of hydrogen-bond donors (Lipinski definition) is 1. The maximum atomic E-state index is 14.1. The van der Waals surface area contributed by atoms with Gasteiger partial charge in [-0.05, 0) is 29.8 Å². The first-order chi connectivity index (χ1) is 10.8. The van der Waals surface area contributed by atoms with Crippen LogP contribution in [0.25, 0.3) is 0 Å². The second-order valence-corrected chi connectivity index (χ2v) is 7.35. The van der Waals surface area contributed by atoms with Crippen LogP contribution in [0.5, 0.6) is 0 Å². The van der Waals surface area contributed by atoms with Gasteiger partial charge in [0, 0.05) is 11.4 Å². The molecule has 1 aliphatic heterocycles. The number of halogens is 2. The maximum Gasteiger partial charge on any atom is 0.267 e. The second kappa shape index (κ2) is 5.50. The van der Waals surface area contributed by atoms with Crippen LogP contribution in [0.4, 0.5) is 10.1 Å². The van der Waals surface area contributed by atoms with Crippen LogP contribution in [0.2, 0.25) is 5.02 Å². The zero-order valence-corrected chi connectivity index (χ0v) is 13.3. The first kappa shape index (κ1) is 15.8. The average Bonchev–Trinajstić information content (AvgIpc) is 2.87. The summed E-state index contributed by atoms with van der Waals surface area (Å²) in [4.78, 5) is 11.1. The number of nitrogens with zero attached hydrogens (tertiary/aromatic N) is 1. The predicted octanol–water partition coefficient (Wildman–Crippen LogP) is 2.08. The van der Waals surface area contributed by atoms with Crippen LogP contribution in [-0.4, -0.2) is 20.4 Å². The Hall–Kier alpha value is -2.12. The summed E-state index contributed by atoms with van der Waals surface area (Å²) in [5, 5.41) is 0.0784. The van der Waals surface area contributed by atoms with Gasteiger partial charge in [0.15, 0.2) is 0 Å². The molecule has 5 nitrogen and oxygen atoms in total. The van der Waals surface area contributed by atoms with Gasteiger partial charge in [-0.2, -0.15) is 0 Å². The minimum atomic E-state index is -4.29. The molecule has 0 radical (unpaired) electrons. The van der Waals surface area contributed by atoms with Crippen LogP contribution in [-0.2, 0) is 21.2 Å². The van der Waals surface area contributed by atoms with E-state index in [0.29, 0.717) is 11.3 Å². The molecule has 1 atom stereocenters. The van der Waals surface area contributed by atoms with E-state index in [1.165, 1.54) is 6.07 Å². The van der Waals surface area contributed by atoms with E-state index in [2.05, 4.69) is 0 Å². The molecule has 3 rings (SSSR count). The number of anilines is 1. The van der Waals surface area contributed by atoms with Gasteiger partial charge >= 0.3 is 0 Å². The Labute approximate surface area is 137 Å². The van der Waals surface area contributed by atoms with Crippen molar-refractivity contribution in [1.82, 2.24) is 0 Å². The van der Waals surface area contributed by atoms with E-state index in [0.717, 1.165) is 16.4 Å². The average molecular weight is 355 g/mol. The van der Waals surface area contributed by atoms with E-state index in [-0.39, 0.29) is 11.4 Å². The van der Waals surface area contributed by atoms with Crippen molar-refractivity contribution in [2.75, 3.05) is 4.31 Å². The quantitative estimate of drug-likeness (QED) is 0.916.